The molecule has 6 heteroatoms. The van der Waals surface area contributed by atoms with Gasteiger partial charge in [-0.25, -0.2) is 0 Å². The number of carbonyl (C=O) groups excluding carboxylic acids is 1. The molecule has 1 N–H and O–H groups in total. The predicted octanol–water partition coefficient (Wildman–Crippen LogP) is 4.86. The number of amides is 1. The van der Waals surface area contributed by atoms with Crippen molar-refractivity contribution in [3.63, 3.8) is 0 Å². The normalized spacial score (nSPS) is 12.0. The zero-order valence-corrected chi connectivity index (χ0v) is 17.3. The van der Waals surface area contributed by atoms with Gasteiger partial charge in [-0.05, 0) is 37.6 Å². The quantitative estimate of drug-likeness (QED) is 0.502. The van der Waals surface area contributed by atoms with E-state index in [0.29, 0.717) is 17.9 Å². The number of carbonyl (C=O) groups is 1. The Hall–Kier alpha value is -3.67. The zero-order valence-electron chi connectivity index (χ0n) is 17.3. The van der Waals surface area contributed by atoms with E-state index in [1.165, 1.54) is 0 Å². The Morgan fingerprint density at radius 2 is 1.93 bits per heavy atom. The van der Waals surface area contributed by atoms with Gasteiger partial charge in [0, 0.05) is 41.5 Å². The van der Waals surface area contributed by atoms with Gasteiger partial charge in [0.15, 0.2) is 0 Å². The lowest BCUT2D eigenvalue weighted by Crippen LogP contribution is -2.30. The van der Waals surface area contributed by atoms with Crippen LogP contribution in [0.4, 0.5) is 0 Å². The molecule has 0 spiro atoms. The molecule has 30 heavy (non-hydrogen) atoms. The number of H-pyrrole nitrogens is 1. The third kappa shape index (κ3) is 3.64. The highest BCUT2D eigenvalue weighted by Gasteiger charge is 2.22. The molecular weight excluding hydrogens is 376 g/mol. The smallest absolute Gasteiger partial charge is 0.254 e. The maximum atomic E-state index is 13.3. The van der Waals surface area contributed by atoms with E-state index in [4.69, 9.17) is 4.74 Å². The van der Waals surface area contributed by atoms with Crippen molar-refractivity contribution in [1.29, 1.82) is 0 Å². The summed E-state index contributed by atoms with van der Waals surface area (Å²) < 4.78 is 5.86. The number of benzene rings is 2. The van der Waals surface area contributed by atoms with Crippen LogP contribution in [0.25, 0.3) is 22.0 Å². The summed E-state index contributed by atoms with van der Waals surface area (Å²) >= 11 is 0. The topological polar surface area (TPSA) is 71.1 Å². The lowest BCUT2D eigenvalue weighted by molar-refractivity contribution is 0.0743. The first kappa shape index (κ1) is 19.6. The van der Waals surface area contributed by atoms with E-state index in [1.54, 1.807) is 30.5 Å². The Kier molecular flexibility index (Phi) is 5.48. The van der Waals surface area contributed by atoms with Crippen LogP contribution < -0.4 is 4.74 Å². The second-order valence-corrected chi connectivity index (χ2v) is 7.16. The molecule has 2 aromatic heterocycles. The Labute approximate surface area is 175 Å². The zero-order chi connectivity index (χ0) is 21.1. The minimum absolute atomic E-state index is 0.0837. The molecule has 0 radical (unpaired) electrons. The fourth-order valence-corrected chi connectivity index (χ4v) is 3.58. The molecule has 2 heterocycles. The Morgan fingerprint density at radius 1 is 1.13 bits per heavy atom. The van der Waals surface area contributed by atoms with E-state index in [1.807, 2.05) is 62.4 Å². The molecular formula is C24H24N4O2. The molecule has 0 saturated carbocycles. The monoisotopic (exact) mass is 400 g/mol. The first-order chi connectivity index (χ1) is 14.6. The molecule has 152 valence electrons. The van der Waals surface area contributed by atoms with Gasteiger partial charge in [0.2, 0.25) is 0 Å². The highest BCUT2D eigenvalue weighted by Crippen LogP contribution is 2.32. The first-order valence-electron chi connectivity index (χ1n) is 9.96. The number of ether oxygens (including phenoxy) is 1. The fourth-order valence-electron chi connectivity index (χ4n) is 3.58. The van der Waals surface area contributed by atoms with Crippen molar-refractivity contribution in [3.05, 3.63) is 78.2 Å². The van der Waals surface area contributed by atoms with Gasteiger partial charge in [-0.3, -0.25) is 14.9 Å². The first-order valence-corrected chi connectivity index (χ1v) is 9.96. The van der Waals surface area contributed by atoms with E-state index in [2.05, 4.69) is 15.2 Å². The predicted molar refractivity (Wildman–Crippen MR) is 117 cm³/mol. The average molecular weight is 400 g/mol. The minimum Gasteiger partial charge on any atom is -0.493 e. The van der Waals surface area contributed by atoms with Gasteiger partial charge >= 0.3 is 0 Å². The van der Waals surface area contributed by atoms with Crippen LogP contribution in [-0.4, -0.2) is 39.6 Å². The standard InChI is InChI=1S/C24H24N4O2/c1-4-30-22-12-18(10-11-20(22)17-8-6-5-7-9-17)24(29)28(3)16(2)21-15-25-13-19-14-26-27-23(19)21/h5-16H,4H2,1-3H3,(H,26,27)/t16-/m0/s1. The van der Waals surface area contributed by atoms with Gasteiger partial charge in [-0.2, -0.15) is 5.10 Å². The summed E-state index contributed by atoms with van der Waals surface area (Å²) in [6.07, 6.45) is 5.27. The fraction of sp³-hybridized carbons (Fsp3) is 0.208. The van der Waals surface area contributed by atoms with E-state index in [-0.39, 0.29) is 11.9 Å². The molecule has 0 aliphatic carbocycles. The number of fused-ring (bicyclic) bond motifs is 1. The van der Waals surface area contributed by atoms with Crippen LogP contribution in [0.15, 0.2) is 67.1 Å². The van der Waals surface area contributed by atoms with Crippen LogP contribution in [0.5, 0.6) is 5.75 Å². The number of nitrogens with one attached hydrogen (secondary N) is 1. The number of aromatic amines is 1. The van der Waals surface area contributed by atoms with Gasteiger partial charge in [-0.1, -0.05) is 30.3 Å². The summed E-state index contributed by atoms with van der Waals surface area (Å²) in [6.45, 7) is 4.45. The van der Waals surface area contributed by atoms with Crippen molar-refractivity contribution in [2.24, 2.45) is 0 Å². The van der Waals surface area contributed by atoms with Crippen molar-refractivity contribution in [2.45, 2.75) is 19.9 Å². The molecule has 1 atom stereocenters. The van der Waals surface area contributed by atoms with E-state index >= 15 is 0 Å². The second-order valence-electron chi connectivity index (χ2n) is 7.16. The van der Waals surface area contributed by atoms with E-state index < -0.39 is 0 Å². The number of hydrogen-bond acceptors (Lipinski definition) is 4. The van der Waals surface area contributed by atoms with Gasteiger partial charge in [0.05, 0.1) is 24.4 Å². The third-order valence-electron chi connectivity index (χ3n) is 5.35. The Balaban J connectivity index is 1.65. The molecule has 0 fully saturated rings. The van der Waals surface area contributed by atoms with Gasteiger partial charge in [0.25, 0.3) is 5.91 Å². The maximum Gasteiger partial charge on any atom is 0.254 e. The summed E-state index contributed by atoms with van der Waals surface area (Å²) in [7, 11) is 1.80. The molecule has 0 bridgehead atoms. The molecule has 0 unspecified atom stereocenters. The summed E-state index contributed by atoms with van der Waals surface area (Å²) in [4.78, 5) is 19.3. The highest BCUT2D eigenvalue weighted by molar-refractivity contribution is 5.96. The largest absolute Gasteiger partial charge is 0.493 e. The van der Waals surface area contributed by atoms with Gasteiger partial charge in [0.1, 0.15) is 5.75 Å². The molecule has 4 rings (SSSR count). The Morgan fingerprint density at radius 3 is 2.70 bits per heavy atom. The van der Waals surface area contributed by atoms with E-state index in [0.717, 1.165) is 27.6 Å². The number of hydrogen-bond donors (Lipinski definition) is 1. The third-order valence-corrected chi connectivity index (χ3v) is 5.35. The van der Waals surface area contributed by atoms with Crippen molar-refractivity contribution in [1.82, 2.24) is 20.1 Å². The van der Waals surface area contributed by atoms with Crippen LogP contribution in [0.2, 0.25) is 0 Å². The molecule has 0 saturated heterocycles. The number of nitrogens with zero attached hydrogens (tertiary/aromatic N) is 3. The van der Waals surface area contributed by atoms with Crippen molar-refractivity contribution >= 4 is 16.8 Å². The summed E-state index contributed by atoms with van der Waals surface area (Å²) in [5.74, 6) is 0.618. The molecule has 2 aromatic carbocycles. The van der Waals surface area contributed by atoms with Crippen LogP contribution in [-0.2, 0) is 0 Å². The number of aromatic nitrogens is 3. The maximum absolute atomic E-state index is 13.3. The average Bonchev–Trinajstić information content (AvgIpc) is 3.27. The van der Waals surface area contributed by atoms with Crippen molar-refractivity contribution < 1.29 is 9.53 Å². The van der Waals surface area contributed by atoms with Crippen molar-refractivity contribution in [2.75, 3.05) is 13.7 Å². The van der Waals surface area contributed by atoms with Gasteiger partial charge in [-0.15, -0.1) is 0 Å². The summed E-state index contributed by atoms with van der Waals surface area (Å²) in [5, 5.41) is 8.02. The Bertz CT molecular complexity index is 1170. The van der Waals surface area contributed by atoms with Crippen LogP contribution in [0.1, 0.15) is 35.8 Å². The SMILES string of the molecule is CCOc1cc(C(=O)N(C)[C@@H](C)c2cncc3cn[nH]c23)ccc1-c1ccccc1. The van der Waals surface area contributed by atoms with Crippen LogP contribution in [0, 0.1) is 0 Å². The molecule has 6 nitrogen and oxygen atoms in total. The summed E-state index contributed by atoms with van der Waals surface area (Å²) in [5.41, 5.74) is 4.42. The lowest BCUT2D eigenvalue weighted by Gasteiger charge is -2.26. The van der Waals surface area contributed by atoms with Crippen LogP contribution >= 0.6 is 0 Å². The minimum atomic E-state index is -0.182. The lowest BCUT2D eigenvalue weighted by atomic mass is 10.0. The molecule has 1 amide bonds. The molecule has 4 aromatic rings. The van der Waals surface area contributed by atoms with E-state index in [9.17, 15) is 4.79 Å². The van der Waals surface area contributed by atoms with Crippen molar-refractivity contribution in [3.8, 4) is 16.9 Å². The summed E-state index contributed by atoms with van der Waals surface area (Å²) in [6, 6.07) is 15.5. The van der Waals surface area contributed by atoms with Gasteiger partial charge < -0.3 is 9.64 Å². The second kappa shape index (κ2) is 8.37. The number of rotatable bonds is 6. The number of pyridine rings is 1. The molecule has 0 aliphatic heterocycles. The molecule has 0 aliphatic rings. The van der Waals surface area contributed by atoms with Crippen LogP contribution in [0.3, 0.4) is 0 Å². The highest BCUT2D eigenvalue weighted by atomic mass is 16.5.